The average molecular weight is 301 g/mol. The maximum absolute atomic E-state index is 13.0. The van der Waals surface area contributed by atoms with E-state index in [9.17, 15) is 9.59 Å². The van der Waals surface area contributed by atoms with Crippen molar-refractivity contribution in [2.75, 3.05) is 29.9 Å². The lowest BCUT2D eigenvalue weighted by Crippen LogP contribution is -2.50. The van der Waals surface area contributed by atoms with Gasteiger partial charge in [0.25, 0.3) is 0 Å². The van der Waals surface area contributed by atoms with Crippen molar-refractivity contribution in [2.45, 2.75) is 32.2 Å². The Labute approximate surface area is 131 Å². The van der Waals surface area contributed by atoms with E-state index in [4.69, 9.17) is 0 Å². The Morgan fingerprint density at radius 2 is 2.00 bits per heavy atom. The molecule has 22 heavy (non-hydrogen) atoms. The van der Waals surface area contributed by atoms with Crippen molar-refractivity contribution >= 4 is 23.2 Å². The van der Waals surface area contributed by atoms with Crippen LogP contribution in [0.5, 0.6) is 0 Å². The highest BCUT2D eigenvalue weighted by molar-refractivity contribution is 6.01. The quantitative estimate of drug-likeness (QED) is 0.906. The number of likely N-dealkylation sites (N-methyl/N-ethyl adjacent to an activating group) is 1. The number of fused-ring (bicyclic) bond motifs is 1. The fraction of sp³-hybridized carbons (Fsp3) is 0.529. The van der Waals surface area contributed by atoms with E-state index in [1.54, 1.807) is 0 Å². The van der Waals surface area contributed by atoms with E-state index in [-0.39, 0.29) is 23.8 Å². The van der Waals surface area contributed by atoms with Crippen LogP contribution in [-0.4, -0.2) is 38.0 Å². The number of hydrogen-bond donors (Lipinski definition) is 1. The predicted octanol–water partition coefficient (Wildman–Crippen LogP) is 1.77. The normalized spacial score (nSPS) is 24.7. The molecule has 118 valence electrons. The summed E-state index contributed by atoms with van der Waals surface area (Å²) in [6.45, 7) is 3.54. The highest BCUT2D eigenvalue weighted by atomic mass is 16.2. The highest BCUT2D eigenvalue weighted by Crippen LogP contribution is 2.34. The van der Waals surface area contributed by atoms with Crippen molar-refractivity contribution < 1.29 is 9.59 Å². The van der Waals surface area contributed by atoms with Crippen LogP contribution in [0.2, 0.25) is 0 Å². The summed E-state index contributed by atoms with van der Waals surface area (Å²) in [5.41, 5.74) is 2.04. The van der Waals surface area contributed by atoms with Gasteiger partial charge in [-0.2, -0.15) is 0 Å². The minimum absolute atomic E-state index is 0.00105. The molecule has 3 rings (SSSR count). The van der Waals surface area contributed by atoms with Crippen LogP contribution in [0.15, 0.2) is 24.3 Å². The molecular weight excluding hydrogens is 278 g/mol. The van der Waals surface area contributed by atoms with Crippen molar-refractivity contribution in [1.29, 1.82) is 0 Å². The van der Waals surface area contributed by atoms with Crippen LogP contribution in [0.3, 0.4) is 0 Å². The first-order valence-electron chi connectivity index (χ1n) is 8.01. The summed E-state index contributed by atoms with van der Waals surface area (Å²) < 4.78 is 0. The SMILES string of the molecule is CCC1CC(C(=O)N2CCN(C)c3ccccc32)CC(=O)N1. The predicted molar refractivity (Wildman–Crippen MR) is 87.0 cm³/mol. The van der Waals surface area contributed by atoms with Gasteiger partial charge in [-0.25, -0.2) is 0 Å². The molecule has 0 bridgehead atoms. The molecular formula is C17H23N3O2. The van der Waals surface area contributed by atoms with Gasteiger partial charge in [-0.05, 0) is 25.0 Å². The van der Waals surface area contributed by atoms with E-state index in [1.165, 1.54) is 0 Å². The Bertz CT molecular complexity index is 587. The topological polar surface area (TPSA) is 52.7 Å². The Morgan fingerprint density at radius 3 is 2.73 bits per heavy atom. The molecule has 2 aliphatic heterocycles. The number of benzene rings is 1. The molecule has 0 spiro atoms. The molecule has 0 aromatic heterocycles. The van der Waals surface area contributed by atoms with Crippen LogP contribution < -0.4 is 15.1 Å². The molecule has 2 atom stereocenters. The number of anilines is 2. The van der Waals surface area contributed by atoms with Gasteiger partial charge < -0.3 is 15.1 Å². The maximum Gasteiger partial charge on any atom is 0.230 e. The van der Waals surface area contributed by atoms with Crippen molar-refractivity contribution in [3.05, 3.63) is 24.3 Å². The number of hydrogen-bond acceptors (Lipinski definition) is 3. The fourth-order valence-corrected chi connectivity index (χ4v) is 3.41. The zero-order valence-corrected chi connectivity index (χ0v) is 13.2. The molecule has 2 heterocycles. The third-order valence-electron chi connectivity index (χ3n) is 4.72. The second-order valence-corrected chi connectivity index (χ2v) is 6.21. The highest BCUT2D eigenvalue weighted by Gasteiger charge is 2.35. The number of carbonyl (C=O) groups excluding carboxylic acids is 2. The Hall–Kier alpha value is -2.04. The molecule has 2 amide bonds. The number of amides is 2. The summed E-state index contributed by atoms with van der Waals surface area (Å²) in [4.78, 5) is 28.8. The molecule has 1 aromatic rings. The van der Waals surface area contributed by atoms with Crippen LogP contribution in [-0.2, 0) is 9.59 Å². The van der Waals surface area contributed by atoms with E-state index in [0.29, 0.717) is 13.0 Å². The number of rotatable bonds is 2. The fourth-order valence-electron chi connectivity index (χ4n) is 3.41. The standard InChI is InChI=1S/C17H23N3O2/c1-3-13-10-12(11-16(21)18-13)17(22)20-9-8-19(2)14-6-4-5-7-15(14)20/h4-7,12-13H,3,8-11H2,1-2H3,(H,18,21). The van der Waals surface area contributed by atoms with E-state index in [0.717, 1.165) is 30.8 Å². The molecule has 0 saturated carbocycles. The van der Waals surface area contributed by atoms with Gasteiger partial charge in [0, 0.05) is 38.5 Å². The number of carbonyl (C=O) groups is 2. The molecule has 2 unspecified atom stereocenters. The maximum atomic E-state index is 13.0. The molecule has 2 aliphatic rings. The van der Waals surface area contributed by atoms with Crippen LogP contribution in [0.1, 0.15) is 26.2 Å². The second kappa shape index (κ2) is 5.99. The van der Waals surface area contributed by atoms with Crippen molar-refractivity contribution in [2.24, 2.45) is 5.92 Å². The van der Waals surface area contributed by atoms with Gasteiger partial charge in [0.2, 0.25) is 11.8 Å². The number of para-hydroxylation sites is 2. The van der Waals surface area contributed by atoms with Crippen LogP contribution >= 0.6 is 0 Å². The van der Waals surface area contributed by atoms with Gasteiger partial charge in [-0.1, -0.05) is 19.1 Å². The minimum Gasteiger partial charge on any atom is -0.371 e. The van der Waals surface area contributed by atoms with Crippen LogP contribution in [0.4, 0.5) is 11.4 Å². The van der Waals surface area contributed by atoms with Gasteiger partial charge in [0.15, 0.2) is 0 Å². The van der Waals surface area contributed by atoms with E-state index < -0.39 is 0 Å². The monoisotopic (exact) mass is 301 g/mol. The van der Waals surface area contributed by atoms with Crippen molar-refractivity contribution in [1.82, 2.24) is 5.32 Å². The van der Waals surface area contributed by atoms with E-state index in [2.05, 4.69) is 10.2 Å². The molecule has 1 aromatic carbocycles. The van der Waals surface area contributed by atoms with Gasteiger partial charge in [0.1, 0.15) is 0 Å². The van der Waals surface area contributed by atoms with Crippen molar-refractivity contribution in [3.63, 3.8) is 0 Å². The molecule has 1 N–H and O–H groups in total. The van der Waals surface area contributed by atoms with E-state index in [1.807, 2.05) is 43.1 Å². The summed E-state index contributed by atoms with van der Waals surface area (Å²) in [5.74, 6) is -0.108. The van der Waals surface area contributed by atoms with Gasteiger partial charge in [0.05, 0.1) is 11.4 Å². The largest absolute Gasteiger partial charge is 0.371 e. The molecule has 5 heteroatoms. The van der Waals surface area contributed by atoms with E-state index >= 15 is 0 Å². The summed E-state index contributed by atoms with van der Waals surface area (Å²) >= 11 is 0. The first-order chi connectivity index (χ1) is 10.6. The van der Waals surface area contributed by atoms with Gasteiger partial charge in [-0.15, -0.1) is 0 Å². The van der Waals surface area contributed by atoms with Crippen molar-refractivity contribution in [3.8, 4) is 0 Å². The average Bonchev–Trinajstić information content (AvgIpc) is 2.54. The first kappa shape index (κ1) is 14.9. The first-order valence-corrected chi connectivity index (χ1v) is 8.01. The molecule has 1 fully saturated rings. The Balaban J connectivity index is 1.83. The summed E-state index contributed by atoms with van der Waals surface area (Å²) in [5, 5.41) is 2.96. The zero-order valence-electron chi connectivity index (χ0n) is 13.2. The number of nitrogens with one attached hydrogen (secondary N) is 1. The molecule has 5 nitrogen and oxygen atoms in total. The lowest BCUT2D eigenvalue weighted by molar-refractivity contribution is -0.132. The molecule has 0 aliphatic carbocycles. The lowest BCUT2D eigenvalue weighted by atomic mass is 9.89. The van der Waals surface area contributed by atoms with Gasteiger partial charge >= 0.3 is 0 Å². The van der Waals surface area contributed by atoms with Crippen LogP contribution in [0.25, 0.3) is 0 Å². The lowest BCUT2D eigenvalue weighted by Gasteiger charge is -2.38. The Kier molecular flexibility index (Phi) is 4.05. The summed E-state index contributed by atoms with van der Waals surface area (Å²) in [7, 11) is 2.04. The smallest absolute Gasteiger partial charge is 0.230 e. The molecule has 1 saturated heterocycles. The minimum atomic E-state index is -0.199. The van der Waals surface area contributed by atoms with Gasteiger partial charge in [-0.3, -0.25) is 9.59 Å². The summed E-state index contributed by atoms with van der Waals surface area (Å²) in [6, 6.07) is 8.10. The third kappa shape index (κ3) is 2.67. The molecule has 0 radical (unpaired) electrons. The van der Waals surface area contributed by atoms with Crippen LogP contribution in [0, 0.1) is 5.92 Å². The zero-order chi connectivity index (χ0) is 15.7. The second-order valence-electron chi connectivity index (χ2n) is 6.21. The third-order valence-corrected chi connectivity index (χ3v) is 4.72. The number of nitrogens with zero attached hydrogens (tertiary/aromatic N) is 2. The Morgan fingerprint density at radius 1 is 1.27 bits per heavy atom. The summed E-state index contributed by atoms with van der Waals surface area (Å²) in [6.07, 6.45) is 1.92. The number of piperidine rings is 1.